The van der Waals surface area contributed by atoms with Crippen molar-refractivity contribution in [2.45, 2.75) is 52.2 Å². The number of hydrogen-bond acceptors (Lipinski definition) is 3. The van der Waals surface area contributed by atoms with Gasteiger partial charge >= 0.3 is 0 Å². The van der Waals surface area contributed by atoms with Crippen LogP contribution in [0.3, 0.4) is 0 Å². The fourth-order valence-corrected chi connectivity index (χ4v) is 1.68. The third-order valence-corrected chi connectivity index (χ3v) is 2.97. The van der Waals surface area contributed by atoms with E-state index < -0.39 is 12.2 Å². The molecule has 1 aromatic rings. The Morgan fingerprint density at radius 2 is 1.80 bits per heavy atom. The van der Waals surface area contributed by atoms with Crippen LogP contribution in [0.15, 0.2) is 24.3 Å². The monoisotopic (exact) mass is 279 g/mol. The number of benzene rings is 1. The maximum Gasteiger partial charge on any atom is 0.260 e. The van der Waals surface area contributed by atoms with Crippen LogP contribution in [0.2, 0.25) is 0 Å². The smallest absolute Gasteiger partial charge is 0.260 e. The van der Waals surface area contributed by atoms with Crippen LogP contribution >= 0.6 is 0 Å². The Morgan fingerprint density at radius 1 is 1.25 bits per heavy atom. The third kappa shape index (κ3) is 5.21. The molecule has 0 aliphatic heterocycles. The third-order valence-electron chi connectivity index (χ3n) is 2.97. The van der Waals surface area contributed by atoms with E-state index in [1.165, 1.54) is 5.56 Å². The van der Waals surface area contributed by atoms with Gasteiger partial charge in [0, 0.05) is 6.54 Å². The zero-order valence-corrected chi connectivity index (χ0v) is 12.9. The number of rotatable bonds is 5. The van der Waals surface area contributed by atoms with Crippen molar-refractivity contribution < 1.29 is 14.6 Å². The Kier molecular flexibility index (Phi) is 5.57. The Bertz CT molecular complexity index is 432. The summed E-state index contributed by atoms with van der Waals surface area (Å²) in [5.41, 5.74) is 1.31. The second-order valence-corrected chi connectivity index (χ2v) is 6.13. The number of carbonyl (C=O) groups is 1. The zero-order valence-electron chi connectivity index (χ0n) is 12.9. The molecule has 20 heavy (non-hydrogen) atoms. The van der Waals surface area contributed by atoms with E-state index in [2.05, 4.69) is 26.1 Å². The highest BCUT2D eigenvalue weighted by atomic mass is 16.5. The minimum absolute atomic E-state index is 0.0960. The molecule has 0 bridgehead atoms. The Labute approximate surface area is 121 Å². The van der Waals surface area contributed by atoms with Gasteiger partial charge in [0.1, 0.15) is 5.75 Å². The first-order chi connectivity index (χ1) is 9.20. The van der Waals surface area contributed by atoms with Gasteiger partial charge in [-0.2, -0.15) is 0 Å². The van der Waals surface area contributed by atoms with Crippen LogP contribution in [0.5, 0.6) is 5.75 Å². The molecule has 1 aromatic carbocycles. The number of aliphatic hydroxyl groups is 1. The van der Waals surface area contributed by atoms with Crippen LogP contribution in [0.4, 0.5) is 0 Å². The number of aliphatic hydroxyl groups excluding tert-OH is 1. The van der Waals surface area contributed by atoms with E-state index in [1.54, 1.807) is 13.8 Å². The van der Waals surface area contributed by atoms with Crippen molar-refractivity contribution in [3.05, 3.63) is 29.8 Å². The van der Waals surface area contributed by atoms with E-state index in [9.17, 15) is 4.79 Å². The number of carbonyl (C=O) groups excluding carboxylic acids is 1. The molecule has 0 spiro atoms. The molecule has 112 valence electrons. The van der Waals surface area contributed by atoms with E-state index >= 15 is 0 Å². The molecule has 4 nitrogen and oxygen atoms in total. The first kappa shape index (κ1) is 16.5. The van der Waals surface area contributed by atoms with Crippen molar-refractivity contribution in [3.8, 4) is 5.75 Å². The zero-order chi connectivity index (χ0) is 15.3. The molecule has 1 amide bonds. The predicted octanol–water partition coefficient (Wildman–Crippen LogP) is 2.25. The molecule has 0 fully saturated rings. The highest BCUT2D eigenvalue weighted by Crippen LogP contribution is 2.24. The number of amides is 1. The second-order valence-electron chi connectivity index (χ2n) is 6.13. The van der Waals surface area contributed by atoms with Gasteiger partial charge < -0.3 is 15.2 Å². The predicted molar refractivity (Wildman–Crippen MR) is 79.9 cm³/mol. The van der Waals surface area contributed by atoms with Gasteiger partial charge in [0.2, 0.25) is 0 Å². The fourth-order valence-electron chi connectivity index (χ4n) is 1.68. The molecular weight excluding hydrogens is 254 g/mol. The lowest BCUT2D eigenvalue weighted by Gasteiger charge is -2.20. The molecule has 0 saturated heterocycles. The van der Waals surface area contributed by atoms with Gasteiger partial charge in [-0.1, -0.05) is 32.9 Å². The SMILES string of the molecule is CC(O)CNC(=O)C(C)Oc1ccc(C(C)(C)C)cc1. The first-order valence-electron chi connectivity index (χ1n) is 6.93. The lowest BCUT2D eigenvalue weighted by Crippen LogP contribution is -2.39. The van der Waals surface area contributed by atoms with Gasteiger partial charge in [-0.15, -0.1) is 0 Å². The molecular formula is C16H25NO3. The van der Waals surface area contributed by atoms with Gasteiger partial charge in [0.15, 0.2) is 6.10 Å². The maximum atomic E-state index is 11.7. The summed E-state index contributed by atoms with van der Waals surface area (Å²) in [5, 5.41) is 11.7. The molecule has 4 heteroatoms. The van der Waals surface area contributed by atoms with E-state index in [0.717, 1.165) is 0 Å². The van der Waals surface area contributed by atoms with Gasteiger partial charge in [-0.05, 0) is 37.0 Å². The number of nitrogens with one attached hydrogen (secondary N) is 1. The summed E-state index contributed by atoms with van der Waals surface area (Å²) in [7, 11) is 0. The largest absolute Gasteiger partial charge is 0.481 e. The van der Waals surface area contributed by atoms with Crippen molar-refractivity contribution in [1.82, 2.24) is 5.32 Å². The average molecular weight is 279 g/mol. The summed E-state index contributed by atoms with van der Waals surface area (Å²) in [6, 6.07) is 7.77. The number of hydrogen-bond donors (Lipinski definition) is 2. The second kappa shape index (κ2) is 6.75. The summed E-state index contributed by atoms with van der Waals surface area (Å²) in [5.74, 6) is 0.434. The molecule has 0 heterocycles. The van der Waals surface area contributed by atoms with Crippen LogP contribution in [-0.4, -0.2) is 29.8 Å². The van der Waals surface area contributed by atoms with E-state index in [0.29, 0.717) is 5.75 Å². The van der Waals surface area contributed by atoms with Crippen LogP contribution in [0.1, 0.15) is 40.2 Å². The van der Waals surface area contributed by atoms with Crippen molar-refractivity contribution >= 4 is 5.91 Å². The molecule has 0 aliphatic rings. The van der Waals surface area contributed by atoms with Gasteiger partial charge in [-0.25, -0.2) is 0 Å². The lowest BCUT2D eigenvalue weighted by molar-refractivity contribution is -0.127. The quantitative estimate of drug-likeness (QED) is 0.869. The van der Waals surface area contributed by atoms with Gasteiger partial charge in [0.05, 0.1) is 6.10 Å². The molecule has 2 atom stereocenters. The standard InChI is InChI=1S/C16H25NO3/c1-11(18)10-17-15(19)12(2)20-14-8-6-13(7-9-14)16(3,4)5/h6-9,11-12,18H,10H2,1-5H3,(H,17,19). The highest BCUT2D eigenvalue weighted by Gasteiger charge is 2.16. The molecule has 0 radical (unpaired) electrons. The fraction of sp³-hybridized carbons (Fsp3) is 0.562. The van der Waals surface area contributed by atoms with Crippen LogP contribution < -0.4 is 10.1 Å². The average Bonchev–Trinajstić information content (AvgIpc) is 2.35. The van der Waals surface area contributed by atoms with Crippen molar-refractivity contribution in [1.29, 1.82) is 0 Å². The summed E-state index contributed by atoms with van der Waals surface area (Å²) in [4.78, 5) is 11.7. The first-order valence-corrected chi connectivity index (χ1v) is 6.93. The molecule has 0 saturated carbocycles. The minimum atomic E-state index is -0.589. The Hall–Kier alpha value is -1.55. The molecule has 0 aromatic heterocycles. The summed E-state index contributed by atoms with van der Waals surface area (Å²) in [6.07, 6.45) is -1.15. The normalized spacial score (nSPS) is 14.5. The van der Waals surface area contributed by atoms with Gasteiger partial charge in [-0.3, -0.25) is 4.79 Å². The van der Waals surface area contributed by atoms with Crippen molar-refractivity contribution in [2.24, 2.45) is 0 Å². The molecule has 1 rings (SSSR count). The maximum absolute atomic E-state index is 11.7. The lowest BCUT2D eigenvalue weighted by atomic mass is 9.87. The summed E-state index contributed by atoms with van der Waals surface area (Å²) in [6.45, 7) is 9.99. The Morgan fingerprint density at radius 3 is 2.25 bits per heavy atom. The number of ether oxygens (including phenoxy) is 1. The Balaban J connectivity index is 2.58. The van der Waals surface area contributed by atoms with Crippen molar-refractivity contribution in [2.75, 3.05) is 6.54 Å². The van der Waals surface area contributed by atoms with Gasteiger partial charge in [0.25, 0.3) is 5.91 Å². The van der Waals surface area contributed by atoms with Crippen LogP contribution in [-0.2, 0) is 10.2 Å². The van der Waals surface area contributed by atoms with E-state index in [4.69, 9.17) is 9.84 Å². The van der Waals surface area contributed by atoms with Crippen LogP contribution in [0.25, 0.3) is 0 Å². The molecule has 2 unspecified atom stereocenters. The minimum Gasteiger partial charge on any atom is -0.481 e. The van der Waals surface area contributed by atoms with E-state index in [1.807, 2.05) is 24.3 Å². The van der Waals surface area contributed by atoms with Crippen molar-refractivity contribution in [3.63, 3.8) is 0 Å². The highest BCUT2D eigenvalue weighted by molar-refractivity contribution is 5.80. The van der Waals surface area contributed by atoms with E-state index in [-0.39, 0.29) is 17.9 Å². The summed E-state index contributed by atoms with van der Waals surface area (Å²) < 4.78 is 5.58. The van der Waals surface area contributed by atoms with Crippen LogP contribution in [0, 0.1) is 0 Å². The summed E-state index contributed by atoms with van der Waals surface area (Å²) >= 11 is 0. The topological polar surface area (TPSA) is 58.6 Å². The molecule has 2 N–H and O–H groups in total. The molecule has 0 aliphatic carbocycles.